The number of rotatable bonds is 5. The van der Waals surface area contributed by atoms with Crippen LogP contribution in [0.5, 0.6) is 0 Å². The second kappa shape index (κ2) is 6.55. The van der Waals surface area contributed by atoms with Gasteiger partial charge in [0, 0.05) is 18.2 Å². The first-order chi connectivity index (χ1) is 10.3. The molecule has 21 heavy (non-hydrogen) atoms. The van der Waals surface area contributed by atoms with Crippen LogP contribution in [-0.2, 0) is 6.54 Å². The Labute approximate surface area is 125 Å². The SMILES string of the molecule is N#Cc1cccc(CN2CCC(NCC3CC3)CC2)c1F. The van der Waals surface area contributed by atoms with Crippen molar-refractivity contribution in [3.05, 3.63) is 35.1 Å². The van der Waals surface area contributed by atoms with Crippen LogP contribution in [0.25, 0.3) is 0 Å². The fourth-order valence-corrected chi connectivity index (χ4v) is 2.98. The molecule has 0 spiro atoms. The average Bonchev–Trinajstić information content (AvgIpc) is 3.33. The molecule has 0 radical (unpaired) electrons. The number of hydrogen-bond acceptors (Lipinski definition) is 3. The van der Waals surface area contributed by atoms with Crippen LogP contribution >= 0.6 is 0 Å². The van der Waals surface area contributed by atoms with Gasteiger partial charge in [-0.3, -0.25) is 4.90 Å². The van der Waals surface area contributed by atoms with Gasteiger partial charge in [0.05, 0.1) is 5.56 Å². The van der Waals surface area contributed by atoms with Gasteiger partial charge in [-0.15, -0.1) is 0 Å². The van der Waals surface area contributed by atoms with Crippen molar-refractivity contribution in [2.45, 2.75) is 38.3 Å². The van der Waals surface area contributed by atoms with Crippen LogP contribution < -0.4 is 5.32 Å². The van der Waals surface area contributed by atoms with E-state index in [1.54, 1.807) is 12.1 Å². The highest BCUT2D eigenvalue weighted by Gasteiger charge is 2.24. The highest BCUT2D eigenvalue weighted by Crippen LogP contribution is 2.28. The number of benzene rings is 1. The molecule has 0 aromatic heterocycles. The van der Waals surface area contributed by atoms with Gasteiger partial charge in [0.2, 0.25) is 0 Å². The van der Waals surface area contributed by atoms with E-state index in [4.69, 9.17) is 5.26 Å². The highest BCUT2D eigenvalue weighted by atomic mass is 19.1. The molecule has 0 atom stereocenters. The maximum Gasteiger partial charge on any atom is 0.145 e. The van der Waals surface area contributed by atoms with E-state index in [1.165, 1.54) is 25.5 Å². The average molecular weight is 287 g/mol. The van der Waals surface area contributed by atoms with Crippen LogP contribution in [-0.4, -0.2) is 30.6 Å². The topological polar surface area (TPSA) is 39.1 Å². The van der Waals surface area contributed by atoms with E-state index in [0.717, 1.165) is 31.8 Å². The molecule has 1 saturated heterocycles. The van der Waals surface area contributed by atoms with E-state index >= 15 is 0 Å². The van der Waals surface area contributed by atoms with Crippen molar-refractivity contribution in [2.75, 3.05) is 19.6 Å². The lowest BCUT2D eigenvalue weighted by molar-refractivity contribution is 0.188. The van der Waals surface area contributed by atoms with E-state index in [9.17, 15) is 4.39 Å². The maximum atomic E-state index is 14.1. The lowest BCUT2D eigenvalue weighted by atomic mass is 10.0. The number of hydrogen-bond donors (Lipinski definition) is 1. The molecule has 0 amide bonds. The van der Waals surface area contributed by atoms with Crippen molar-refractivity contribution in [3.8, 4) is 6.07 Å². The normalized spacial score (nSPS) is 20.4. The fourth-order valence-electron chi connectivity index (χ4n) is 2.98. The largest absolute Gasteiger partial charge is 0.314 e. The Kier molecular flexibility index (Phi) is 4.52. The number of halogens is 1. The number of likely N-dealkylation sites (tertiary alicyclic amines) is 1. The summed E-state index contributed by atoms with van der Waals surface area (Å²) in [6.07, 6.45) is 5.04. The minimum atomic E-state index is -0.353. The summed E-state index contributed by atoms with van der Waals surface area (Å²) in [5.74, 6) is 0.569. The van der Waals surface area contributed by atoms with Crippen LogP contribution in [0.1, 0.15) is 36.8 Å². The number of nitrogens with zero attached hydrogens (tertiary/aromatic N) is 2. The van der Waals surface area contributed by atoms with E-state index in [-0.39, 0.29) is 11.4 Å². The molecule has 2 fully saturated rings. The summed E-state index contributed by atoms with van der Waals surface area (Å²) >= 11 is 0. The summed E-state index contributed by atoms with van der Waals surface area (Å²) in [4.78, 5) is 2.29. The molecule has 3 rings (SSSR count). The molecule has 1 N–H and O–H groups in total. The predicted molar refractivity (Wildman–Crippen MR) is 80.1 cm³/mol. The van der Waals surface area contributed by atoms with Crippen LogP contribution in [0, 0.1) is 23.1 Å². The third-order valence-electron chi connectivity index (χ3n) is 4.57. The molecule has 4 heteroatoms. The summed E-state index contributed by atoms with van der Waals surface area (Å²) in [7, 11) is 0. The van der Waals surface area contributed by atoms with Crippen molar-refractivity contribution >= 4 is 0 Å². The first kappa shape index (κ1) is 14.5. The monoisotopic (exact) mass is 287 g/mol. The Bertz CT molecular complexity index is 525. The van der Waals surface area contributed by atoms with Crippen molar-refractivity contribution in [1.29, 1.82) is 5.26 Å². The molecule has 0 unspecified atom stereocenters. The molecule has 112 valence electrons. The zero-order valence-corrected chi connectivity index (χ0v) is 12.3. The van der Waals surface area contributed by atoms with Crippen LogP contribution in [0.2, 0.25) is 0 Å². The zero-order chi connectivity index (χ0) is 14.7. The third kappa shape index (κ3) is 3.81. The van der Waals surface area contributed by atoms with Crippen LogP contribution in [0.4, 0.5) is 4.39 Å². The molecule has 1 heterocycles. The first-order valence-corrected chi connectivity index (χ1v) is 7.89. The van der Waals surface area contributed by atoms with Crippen molar-refractivity contribution in [2.24, 2.45) is 5.92 Å². The van der Waals surface area contributed by atoms with Gasteiger partial charge >= 0.3 is 0 Å². The molecule has 1 saturated carbocycles. The Morgan fingerprint density at radius 1 is 1.24 bits per heavy atom. The zero-order valence-electron chi connectivity index (χ0n) is 12.3. The van der Waals surface area contributed by atoms with Crippen molar-refractivity contribution in [3.63, 3.8) is 0 Å². The van der Waals surface area contributed by atoms with E-state index in [0.29, 0.717) is 18.2 Å². The quantitative estimate of drug-likeness (QED) is 0.905. The number of nitriles is 1. The summed E-state index contributed by atoms with van der Waals surface area (Å²) in [6.45, 7) is 3.78. The smallest absolute Gasteiger partial charge is 0.145 e. The molecule has 0 bridgehead atoms. The Morgan fingerprint density at radius 3 is 2.67 bits per heavy atom. The van der Waals surface area contributed by atoms with Gasteiger partial charge in [-0.25, -0.2) is 4.39 Å². The summed E-state index contributed by atoms with van der Waals surface area (Å²) in [5, 5.41) is 12.5. The molecule has 1 aliphatic carbocycles. The first-order valence-electron chi connectivity index (χ1n) is 7.89. The summed E-state index contributed by atoms with van der Waals surface area (Å²) in [6, 6.07) is 7.62. The van der Waals surface area contributed by atoms with Gasteiger partial charge in [0.15, 0.2) is 0 Å². The molecular formula is C17H22FN3. The Balaban J connectivity index is 1.49. The third-order valence-corrected chi connectivity index (χ3v) is 4.57. The molecular weight excluding hydrogens is 265 g/mol. The van der Waals surface area contributed by atoms with Crippen molar-refractivity contribution in [1.82, 2.24) is 10.2 Å². The van der Waals surface area contributed by atoms with E-state index < -0.39 is 0 Å². The lowest BCUT2D eigenvalue weighted by Gasteiger charge is -2.32. The highest BCUT2D eigenvalue weighted by molar-refractivity contribution is 5.34. The summed E-state index contributed by atoms with van der Waals surface area (Å²) in [5.41, 5.74) is 0.784. The van der Waals surface area contributed by atoms with Gasteiger partial charge in [0.25, 0.3) is 0 Å². The van der Waals surface area contributed by atoms with Crippen molar-refractivity contribution < 1.29 is 4.39 Å². The van der Waals surface area contributed by atoms with Crippen LogP contribution in [0.15, 0.2) is 18.2 Å². The van der Waals surface area contributed by atoms with Gasteiger partial charge in [0.1, 0.15) is 11.9 Å². The maximum absolute atomic E-state index is 14.1. The van der Waals surface area contributed by atoms with Gasteiger partial charge < -0.3 is 5.32 Å². The van der Waals surface area contributed by atoms with Gasteiger partial charge in [-0.2, -0.15) is 5.26 Å². The van der Waals surface area contributed by atoms with Gasteiger partial charge in [-0.05, 0) is 57.3 Å². The summed E-state index contributed by atoms with van der Waals surface area (Å²) < 4.78 is 14.1. The standard InChI is InChI=1S/C17H22FN3/c18-17-14(10-19)2-1-3-15(17)12-21-8-6-16(7-9-21)20-11-13-4-5-13/h1-3,13,16,20H,4-9,11-12H2. The molecule has 2 aliphatic rings. The van der Waals surface area contributed by atoms with E-state index in [1.807, 2.05) is 6.07 Å². The van der Waals surface area contributed by atoms with Gasteiger partial charge in [-0.1, -0.05) is 12.1 Å². The number of nitrogens with one attached hydrogen (secondary N) is 1. The number of piperidine rings is 1. The van der Waals surface area contributed by atoms with Crippen LogP contribution in [0.3, 0.4) is 0 Å². The minimum absolute atomic E-state index is 0.147. The lowest BCUT2D eigenvalue weighted by Crippen LogP contribution is -2.42. The molecule has 1 aliphatic heterocycles. The fraction of sp³-hybridized carbons (Fsp3) is 0.588. The minimum Gasteiger partial charge on any atom is -0.314 e. The second-order valence-electron chi connectivity index (χ2n) is 6.29. The predicted octanol–water partition coefficient (Wildman–Crippen LogP) is 2.66. The Morgan fingerprint density at radius 2 is 2.00 bits per heavy atom. The molecule has 1 aromatic carbocycles. The molecule has 1 aromatic rings. The Hall–Kier alpha value is -1.44. The molecule has 3 nitrogen and oxygen atoms in total. The second-order valence-corrected chi connectivity index (χ2v) is 6.29. The van der Waals surface area contributed by atoms with E-state index in [2.05, 4.69) is 10.2 Å².